The number of nitrogens with two attached hydrogens (primary N) is 1. The largest absolute Gasteiger partial charge is 0.320 e. The van der Waals surface area contributed by atoms with Crippen molar-refractivity contribution in [3.8, 4) is 0 Å². The molecule has 0 aliphatic carbocycles. The molecule has 2 aromatic carbocycles. The Morgan fingerprint density at radius 1 is 1.00 bits per heavy atom. The number of hydrogen-bond donors (Lipinski definition) is 1. The number of fused-ring (bicyclic) bond motifs is 1. The lowest BCUT2D eigenvalue weighted by Crippen LogP contribution is -2.14. The van der Waals surface area contributed by atoms with Gasteiger partial charge in [-0.3, -0.25) is 0 Å². The van der Waals surface area contributed by atoms with Crippen LogP contribution in [0.15, 0.2) is 53.9 Å². The zero-order valence-electron chi connectivity index (χ0n) is 11.0. The predicted molar refractivity (Wildman–Crippen MR) is 83.7 cm³/mol. The van der Waals surface area contributed by atoms with Crippen LogP contribution in [-0.2, 0) is 6.42 Å². The fraction of sp³-hybridized carbons (Fsp3) is 0.176. The van der Waals surface area contributed by atoms with Gasteiger partial charge in [0.05, 0.1) is 6.04 Å². The summed E-state index contributed by atoms with van der Waals surface area (Å²) in [5.74, 6) is 0. The maximum Gasteiger partial charge on any atom is 0.0568 e. The van der Waals surface area contributed by atoms with E-state index in [0.29, 0.717) is 0 Å². The quantitative estimate of drug-likeness (QED) is 0.742. The van der Waals surface area contributed by atoms with Crippen molar-refractivity contribution in [2.45, 2.75) is 19.4 Å². The third kappa shape index (κ3) is 2.18. The Balaban J connectivity index is 2.13. The molecule has 0 spiro atoms. The lowest BCUT2D eigenvalue weighted by molar-refractivity contribution is 0.859. The zero-order chi connectivity index (χ0) is 13.2. The molecule has 1 heterocycles. The molecule has 0 saturated carbocycles. The highest BCUT2D eigenvalue weighted by Gasteiger charge is 2.15. The Labute approximate surface area is 117 Å². The average molecular weight is 267 g/mol. The van der Waals surface area contributed by atoms with Crippen molar-refractivity contribution in [2.24, 2.45) is 5.73 Å². The molecule has 0 fully saturated rings. The smallest absolute Gasteiger partial charge is 0.0568 e. The zero-order valence-corrected chi connectivity index (χ0v) is 11.8. The lowest BCUT2D eigenvalue weighted by atomic mass is 9.93. The van der Waals surface area contributed by atoms with Gasteiger partial charge in [-0.1, -0.05) is 49.4 Å². The maximum absolute atomic E-state index is 6.52. The van der Waals surface area contributed by atoms with Gasteiger partial charge in [0.1, 0.15) is 0 Å². The van der Waals surface area contributed by atoms with Gasteiger partial charge in [-0.25, -0.2) is 0 Å². The van der Waals surface area contributed by atoms with Crippen LogP contribution in [0.5, 0.6) is 0 Å². The second-order valence-electron chi connectivity index (χ2n) is 4.72. The van der Waals surface area contributed by atoms with Crippen molar-refractivity contribution >= 4 is 21.4 Å². The summed E-state index contributed by atoms with van der Waals surface area (Å²) in [4.78, 5) is 0. The van der Waals surface area contributed by atoms with Gasteiger partial charge in [-0.15, -0.1) is 11.3 Å². The van der Waals surface area contributed by atoms with Crippen LogP contribution in [0.4, 0.5) is 0 Å². The summed E-state index contributed by atoms with van der Waals surface area (Å²) in [5, 5.41) is 3.42. The molecule has 0 saturated heterocycles. The van der Waals surface area contributed by atoms with Crippen molar-refractivity contribution in [1.29, 1.82) is 0 Å². The molecule has 0 bridgehead atoms. The first-order valence-corrected chi connectivity index (χ1v) is 7.48. The van der Waals surface area contributed by atoms with Crippen LogP contribution >= 0.6 is 11.3 Å². The Bertz CT molecular complexity index is 699. The molecule has 2 N–H and O–H groups in total. The summed E-state index contributed by atoms with van der Waals surface area (Å²) in [5.41, 5.74) is 10.3. The fourth-order valence-corrected chi connectivity index (χ4v) is 3.54. The second-order valence-corrected chi connectivity index (χ2v) is 5.63. The normalized spacial score (nSPS) is 12.7. The van der Waals surface area contributed by atoms with Crippen molar-refractivity contribution in [3.05, 3.63) is 70.6 Å². The van der Waals surface area contributed by atoms with E-state index < -0.39 is 0 Å². The van der Waals surface area contributed by atoms with E-state index in [1.807, 2.05) is 0 Å². The van der Waals surface area contributed by atoms with E-state index in [-0.39, 0.29) is 6.04 Å². The highest BCUT2D eigenvalue weighted by Crippen LogP contribution is 2.32. The SMILES string of the molecule is CCc1ccccc1C(N)c1cccc2ccsc12. The van der Waals surface area contributed by atoms with Gasteiger partial charge in [-0.2, -0.15) is 0 Å². The van der Waals surface area contributed by atoms with Crippen LogP contribution in [0.25, 0.3) is 10.1 Å². The number of aryl methyl sites for hydroxylation is 1. The van der Waals surface area contributed by atoms with E-state index in [1.165, 1.54) is 26.8 Å². The summed E-state index contributed by atoms with van der Waals surface area (Å²) in [6.45, 7) is 2.18. The van der Waals surface area contributed by atoms with Crippen molar-refractivity contribution in [2.75, 3.05) is 0 Å². The van der Waals surface area contributed by atoms with Crippen molar-refractivity contribution in [3.63, 3.8) is 0 Å². The van der Waals surface area contributed by atoms with Gasteiger partial charge in [0.15, 0.2) is 0 Å². The molecule has 0 aliphatic rings. The summed E-state index contributed by atoms with van der Waals surface area (Å²) in [6, 6.07) is 17.0. The molecular formula is C17H17NS. The molecule has 3 aromatic rings. The van der Waals surface area contributed by atoms with Gasteiger partial charge < -0.3 is 5.73 Å². The van der Waals surface area contributed by atoms with Gasteiger partial charge in [-0.05, 0) is 39.9 Å². The summed E-state index contributed by atoms with van der Waals surface area (Å²) < 4.78 is 1.31. The molecule has 0 aliphatic heterocycles. The Morgan fingerprint density at radius 2 is 1.79 bits per heavy atom. The second kappa shape index (κ2) is 5.16. The monoisotopic (exact) mass is 267 g/mol. The van der Waals surface area contributed by atoms with Gasteiger partial charge in [0.25, 0.3) is 0 Å². The van der Waals surface area contributed by atoms with Crippen LogP contribution in [0.1, 0.15) is 29.7 Å². The average Bonchev–Trinajstić information content (AvgIpc) is 2.94. The number of thiophene rings is 1. The van der Waals surface area contributed by atoms with Gasteiger partial charge >= 0.3 is 0 Å². The molecule has 1 atom stereocenters. The fourth-order valence-electron chi connectivity index (χ4n) is 2.59. The molecule has 0 radical (unpaired) electrons. The van der Waals surface area contributed by atoms with E-state index in [0.717, 1.165) is 6.42 Å². The van der Waals surface area contributed by atoms with Crippen LogP contribution < -0.4 is 5.73 Å². The molecule has 3 rings (SSSR count). The predicted octanol–water partition coefficient (Wildman–Crippen LogP) is 4.51. The molecule has 1 nitrogen and oxygen atoms in total. The summed E-state index contributed by atoms with van der Waals surface area (Å²) in [6.07, 6.45) is 1.02. The topological polar surface area (TPSA) is 26.0 Å². The molecule has 2 heteroatoms. The third-order valence-electron chi connectivity index (χ3n) is 3.62. The molecule has 1 aromatic heterocycles. The van der Waals surface area contributed by atoms with Gasteiger partial charge in [0.2, 0.25) is 0 Å². The van der Waals surface area contributed by atoms with E-state index >= 15 is 0 Å². The standard InChI is InChI=1S/C17H17NS/c1-2-12-6-3-4-8-14(12)16(18)15-9-5-7-13-10-11-19-17(13)15/h3-11,16H,2,18H2,1H3. The summed E-state index contributed by atoms with van der Waals surface area (Å²) >= 11 is 1.77. The third-order valence-corrected chi connectivity index (χ3v) is 4.59. The van der Waals surface area contributed by atoms with E-state index in [1.54, 1.807) is 11.3 Å². The minimum absolute atomic E-state index is 0.0431. The van der Waals surface area contributed by atoms with Gasteiger partial charge in [0, 0.05) is 4.70 Å². The molecular weight excluding hydrogens is 250 g/mol. The lowest BCUT2D eigenvalue weighted by Gasteiger charge is -2.17. The maximum atomic E-state index is 6.52. The van der Waals surface area contributed by atoms with Crippen LogP contribution in [0.2, 0.25) is 0 Å². The van der Waals surface area contributed by atoms with Crippen LogP contribution in [0, 0.1) is 0 Å². The van der Waals surface area contributed by atoms with Crippen LogP contribution in [0.3, 0.4) is 0 Å². The highest BCUT2D eigenvalue weighted by molar-refractivity contribution is 7.17. The number of rotatable bonds is 3. The van der Waals surface area contributed by atoms with E-state index in [2.05, 4.69) is 60.8 Å². The Hall–Kier alpha value is -1.64. The first kappa shape index (κ1) is 12.4. The minimum Gasteiger partial charge on any atom is -0.320 e. The number of benzene rings is 2. The Morgan fingerprint density at radius 3 is 2.63 bits per heavy atom. The summed E-state index contributed by atoms with van der Waals surface area (Å²) in [7, 11) is 0. The Kier molecular flexibility index (Phi) is 3.36. The number of hydrogen-bond acceptors (Lipinski definition) is 2. The molecule has 0 amide bonds. The first-order valence-electron chi connectivity index (χ1n) is 6.60. The minimum atomic E-state index is -0.0431. The first-order chi connectivity index (χ1) is 9.31. The molecule has 1 unspecified atom stereocenters. The van der Waals surface area contributed by atoms with E-state index in [4.69, 9.17) is 5.73 Å². The van der Waals surface area contributed by atoms with Crippen LogP contribution in [-0.4, -0.2) is 0 Å². The van der Waals surface area contributed by atoms with Crippen molar-refractivity contribution < 1.29 is 0 Å². The highest BCUT2D eigenvalue weighted by atomic mass is 32.1. The van der Waals surface area contributed by atoms with Crippen molar-refractivity contribution in [1.82, 2.24) is 0 Å². The molecule has 96 valence electrons. The molecule has 19 heavy (non-hydrogen) atoms. The van der Waals surface area contributed by atoms with E-state index in [9.17, 15) is 0 Å².